The van der Waals surface area contributed by atoms with E-state index in [9.17, 15) is 4.79 Å². The zero-order valence-corrected chi connectivity index (χ0v) is 11.9. The zero-order valence-electron chi connectivity index (χ0n) is 11.9. The summed E-state index contributed by atoms with van der Waals surface area (Å²) in [5.41, 5.74) is 3.61. The van der Waals surface area contributed by atoms with Crippen molar-refractivity contribution in [1.82, 2.24) is 4.90 Å². The van der Waals surface area contributed by atoms with E-state index in [1.54, 1.807) is 0 Å². The van der Waals surface area contributed by atoms with Crippen molar-refractivity contribution in [3.63, 3.8) is 0 Å². The van der Waals surface area contributed by atoms with Crippen LogP contribution >= 0.6 is 0 Å². The van der Waals surface area contributed by atoms with Gasteiger partial charge in [-0.3, -0.25) is 4.79 Å². The number of carboxylic acids is 1. The maximum atomic E-state index is 11.1. The largest absolute Gasteiger partial charge is 0.481 e. The average Bonchev–Trinajstić information content (AvgIpc) is 2.32. The van der Waals surface area contributed by atoms with Gasteiger partial charge in [0.25, 0.3) is 0 Å². The highest BCUT2D eigenvalue weighted by Gasteiger charge is 2.28. The van der Waals surface area contributed by atoms with Crippen LogP contribution in [0.5, 0.6) is 0 Å². The first-order valence-electron chi connectivity index (χ1n) is 6.71. The molecule has 1 N–H and O–H groups in total. The van der Waals surface area contributed by atoms with Crippen molar-refractivity contribution in [2.45, 2.75) is 26.3 Å². The Bertz CT molecular complexity index is 473. The summed E-state index contributed by atoms with van der Waals surface area (Å²) in [5, 5.41) is 9.10. The second-order valence-corrected chi connectivity index (χ2v) is 5.50. The molecular formula is C15H22N2O2. The molecule has 2 rings (SSSR count). The molecule has 4 nitrogen and oxygen atoms in total. The van der Waals surface area contributed by atoms with Crippen molar-refractivity contribution in [2.24, 2.45) is 0 Å². The van der Waals surface area contributed by atoms with Crippen LogP contribution < -0.4 is 4.90 Å². The third-order valence-corrected chi connectivity index (χ3v) is 3.77. The Hall–Kier alpha value is -1.55. The van der Waals surface area contributed by atoms with Gasteiger partial charge in [-0.05, 0) is 38.1 Å². The van der Waals surface area contributed by atoms with Crippen LogP contribution in [0.3, 0.4) is 0 Å². The van der Waals surface area contributed by atoms with Gasteiger partial charge in [-0.2, -0.15) is 0 Å². The van der Waals surface area contributed by atoms with E-state index in [1.807, 2.05) is 0 Å². The summed E-state index contributed by atoms with van der Waals surface area (Å²) in [5.74, 6) is -0.726. The average molecular weight is 262 g/mol. The van der Waals surface area contributed by atoms with E-state index in [2.05, 4.69) is 48.9 Å². The van der Waals surface area contributed by atoms with Gasteiger partial charge in [0.15, 0.2) is 0 Å². The molecule has 1 atom stereocenters. The SMILES string of the molecule is Cc1ccc(C)c(N2CCN(C)CC2CC(=O)O)c1. The molecule has 1 aromatic carbocycles. The third-order valence-electron chi connectivity index (χ3n) is 3.77. The van der Waals surface area contributed by atoms with E-state index in [0.29, 0.717) is 0 Å². The zero-order chi connectivity index (χ0) is 14.0. The van der Waals surface area contributed by atoms with E-state index in [-0.39, 0.29) is 12.5 Å². The van der Waals surface area contributed by atoms with Crippen LogP contribution in [-0.4, -0.2) is 48.7 Å². The molecule has 1 heterocycles. The summed E-state index contributed by atoms with van der Waals surface area (Å²) in [4.78, 5) is 15.5. The number of hydrogen-bond acceptors (Lipinski definition) is 3. The maximum Gasteiger partial charge on any atom is 0.305 e. The van der Waals surface area contributed by atoms with Crippen LogP contribution in [0.1, 0.15) is 17.5 Å². The topological polar surface area (TPSA) is 43.8 Å². The minimum absolute atomic E-state index is 0.0525. The lowest BCUT2D eigenvalue weighted by atomic mass is 10.0. The van der Waals surface area contributed by atoms with E-state index >= 15 is 0 Å². The van der Waals surface area contributed by atoms with Crippen molar-refractivity contribution in [3.8, 4) is 0 Å². The molecule has 19 heavy (non-hydrogen) atoms. The first kappa shape index (κ1) is 13.9. The van der Waals surface area contributed by atoms with E-state index in [0.717, 1.165) is 19.6 Å². The van der Waals surface area contributed by atoms with Crippen LogP contribution in [-0.2, 0) is 4.79 Å². The molecule has 0 aromatic heterocycles. The maximum absolute atomic E-state index is 11.1. The number of nitrogens with zero attached hydrogens (tertiary/aromatic N) is 2. The summed E-state index contributed by atoms with van der Waals surface area (Å²) in [6, 6.07) is 6.42. The van der Waals surface area contributed by atoms with Crippen LogP contribution in [0.2, 0.25) is 0 Å². The third kappa shape index (κ3) is 3.26. The van der Waals surface area contributed by atoms with Gasteiger partial charge >= 0.3 is 5.97 Å². The molecule has 0 saturated carbocycles. The molecule has 1 aliphatic rings. The minimum Gasteiger partial charge on any atom is -0.481 e. The Kier molecular flexibility index (Phi) is 4.10. The number of carbonyl (C=O) groups is 1. The number of likely N-dealkylation sites (N-methyl/N-ethyl adjacent to an activating group) is 1. The van der Waals surface area contributed by atoms with Gasteiger partial charge in [0.1, 0.15) is 0 Å². The second kappa shape index (κ2) is 5.61. The Balaban J connectivity index is 2.28. The standard InChI is InChI=1S/C15H22N2O2/c1-11-4-5-12(2)14(8-11)17-7-6-16(3)10-13(17)9-15(18)19/h4-5,8,13H,6-7,9-10H2,1-3H3,(H,18,19). The molecule has 1 fully saturated rings. The van der Waals surface area contributed by atoms with Crippen molar-refractivity contribution in [2.75, 3.05) is 31.6 Å². The molecule has 4 heteroatoms. The smallest absolute Gasteiger partial charge is 0.305 e. The molecule has 1 aromatic rings. The number of aliphatic carboxylic acids is 1. The summed E-state index contributed by atoms with van der Waals surface area (Å²) >= 11 is 0. The lowest BCUT2D eigenvalue weighted by Gasteiger charge is -2.41. The number of hydrogen-bond donors (Lipinski definition) is 1. The Morgan fingerprint density at radius 3 is 2.79 bits per heavy atom. The van der Waals surface area contributed by atoms with Crippen LogP contribution in [0, 0.1) is 13.8 Å². The first-order valence-corrected chi connectivity index (χ1v) is 6.71. The molecule has 0 spiro atoms. The Labute approximate surface area is 114 Å². The van der Waals surface area contributed by atoms with Gasteiger partial charge in [-0.25, -0.2) is 0 Å². The van der Waals surface area contributed by atoms with E-state index < -0.39 is 5.97 Å². The molecule has 0 aliphatic carbocycles. The van der Waals surface area contributed by atoms with Crippen LogP contribution in [0.15, 0.2) is 18.2 Å². The van der Waals surface area contributed by atoms with Crippen molar-refractivity contribution in [3.05, 3.63) is 29.3 Å². The molecule has 104 valence electrons. The van der Waals surface area contributed by atoms with Gasteiger partial charge in [0.2, 0.25) is 0 Å². The summed E-state index contributed by atoms with van der Waals surface area (Å²) < 4.78 is 0. The van der Waals surface area contributed by atoms with Crippen molar-refractivity contribution in [1.29, 1.82) is 0 Å². The molecule has 0 bridgehead atoms. The minimum atomic E-state index is -0.726. The Morgan fingerprint density at radius 1 is 1.37 bits per heavy atom. The van der Waals surface area contributed by atoms with Gasteiger partial charge in [-0.1, -0.05) is 12.1 Å². The number of aryl methyl sites for hydroxylation is 2. The van der Waals surface area contributed by atoms with Gasteiger partial charge in [0.05, 0.1) is 12.5 Å². The van der Waals surface area contributed by atoms with Crippen LogP contribution in [0.4, 0.5) is 5.69 Å². The van der Waals surface area contributed by atoms with Crippen molar-refractivity contribution >= 4 is 11.7 Å². The number of carboxylic acid groups (broad SMARTS) is 1. The predicted octanol–water partition coefficient (Wildman–Crippen LogP) is 1.90. The monoisotopic (exact) mass is 262 g/mol. The molecule has 0 amide bonds. The summed E-state index contributed by atoms with van der Waals surface area (Å²) in [6.45, 7) is 6.83. The Morgan fingerprint density at radius 2 is 2.11 bits per heavy atom. The normalized spacial score (nSPS) is 20.6. The molecular weight excluding hydrogens is 240 g/mol. The number of piperazine rings is 1. The van der Waals surface area contributed by atoms with Crippen molar-refractivity contribution < 1.29 is 9.90 Å². The van der Waals surface area contributed by atoms with Crippen LogP contribution in [0.25, 0.3) is 0 Å². The number of rotatable bonds is 3. The molecule has 1 aliphatic heterocycles. The van der Waals surface area contributed by atoms with E-state index in [4.69, 9.17) is 5.11 Å². The lowest BCUT2D eigenvalue weighted by Crippen LogP contribution is -2.53. The van der Waals surface area contributed by atoms with E-state index in [1.165, 1.54) is 16.8 Å². The second-order valence-electron chi connectivity index (χ2n) is 5.50. The summed E-state index contributed by atoms with van der Waals surface area (Å²) in [6.07, 6.45) is 0.192. The quantitative estimate of drug-likeness (QED) is 0.903. The fourth-order valence-corrected chi connectivity index (χ4v) is 2.73. The highest BCUT2D eigenvalue weighted by atomic mass is 16.4. The molecule has 1 unspecified atom stereocenters. The number of anilines is 1. The number of benzene rings is 1. The first-order chi connectivity index (χ1) is 8.97. The fraction of sp³-hybridized carbons (Fsp3) is 0.533. The van der Waals surface area contributed by atoms with Gasteiger partial charge in [0, 0.05) is 25.3 Å². The lowest BCUT2D eigenvalue weighted by molar-refractivity contribution is -0.137. The van der Waals surface area contributed by atoms with Gasteiger partial charge in [-0.15, -0.1) is 0 Å². The molecule has 0 radical (unpaired) electrons. The highest BCUT2D eigenvalue weighted by molar-refractivity contribution is 5.69. The molecule has 1 saturated heterocycles. The fourth-order valence-electron chi connectivity index (χ4n) is 2.73. The predicted molar refractivity (Wildman–Crippen MR) is 76.8 cm³/mol. The highest BCUT2D eigenvalue weighted by Crippen LogP contribution is 2.26. The van der Waals surface area contributed by atoms with Gasteiger partial charge < -0.3 is 14.9 Å². The summed E-state index contributed by atoms with van der Waals surface area (Å²) in [7, 11) is 2.05.